The Hall–Kier alpha value is -0.820. The van der Waals surface area contributed by atoms with Crippen LogP contribution in [0.1, 0.15) is 36.8 Å². The van der Waals surface area contributed by atoms with Crippen LogP contribution in [0, 0.1) is 6.92 Å². The molecule has 0 N–H and O–H groups in total. The van der Waals surface area contributed by atoms with Crippen LogP contribution in [-0.2, 0) is 5.41 Å². The largest absolute Gasteiger partial charge is 0.309 e. The summed E-state index contributed by atoms with van der Waals surface area (Å²) in [5.41, 5.74) is 3.34. The highest BCUT2D eigenvalue weighted by molar-refractivity contribution is 5.30. The van der Waals surface area contributed by atoms with Crippen molar-refractivity contribution in [3.05, 3.63) is 35.4 Å². The summed E-state index contributed by atoms with van der Waals surface area (Å²) >= 11 is 0. The fourth-order valence-electron chi connectivity index (χ4n) is 3.10. The Morgan fingerprint density at radius 1 is 1.06 bits per heavy atom. The van der Waals surface area contributed by atoms with Crippen LogP contribution in [0.4, 0.5) is 0 Å². The molecule has 0 aromatic heterocycles. The zero-order valence-corrected chi connectivity index (χ0v) is 10.8. The maximum Gasteiger partial charge on any atom is 0.00800 e. The van der Waals surface area contributed by atoms with Crippen molar-refractivity contribution in [1.29, 1.82) is 0 Å². The number of rotatable bonds is 3. The Morgan fingerprint density at radius 2 is 1.62 bits per heavy atom. The lowest BCUT2D eigenvalue weighted by Gasteiger charge is -2.32. The summed E-state index contributed by atoms with van der Waals surface area (Å²) in [6.07, 6.45) is 5.49. The van der Waals surface area contributed by atoms with Crippen LogP contribution in [0.15, 0.2) is 24.3 Å². The predicted molar refractivity (Wildman–Crippen MR) is 69.9 cm³/mol. The van der Waals surface area contributed by atoms with Crippen molar-refractivity contribution in [2.75, 3.05) is 20.6 Å². The van der Waals surface area contributed by atoms with Crippen molar-refractivity contribution in [3.63, 3.8) is 0 Å². The topological polar surface area (TPSA) is 3.24 Å². The first-order valence-corrected chi connectivity index (χ1v) is 6.34. The highest BCUT2D eigenvalue weighted by Gasteiger charge is 2.35. The van der Waals surface area contributed by atoms with Gasteiger partial charge in [-0.2, -0.15) is 0 Å². The smallest absolute Gasteiger partial charge is 0.00800 e. The predicted octanol–water partition coefficient (Wildman–Crippen LogP) is 3.37. The minimum absolute atomic E-state index is 0.428. The monoisotopic (exact) mass is 217 g/mol. The third kappa shape index (κ3) is 2.30. The van der Waals surface area contributed by atoms with E-state index in [0.717, 1.165) is 0 Å². The lowest BCUT2D eigenvalue weighted by Crippen LogP contribution is -2.35. The highest BCUT2D eigenvalue weighted by Crippen LogP contribution is 2.41. The number of hydrogen-bond donors (Lipinski definition) is 0. The molecule has 0 atom stereocenters. The van der Waals surface area contributed by atoms with Crippen LogP contribution in [-0.4, -0.2) is 25.5 Å². The molecule has 0 saturated heterocycles. The van der Waals surface area contributed by atoms with Crippen LogP contribution < -0.4 is 0 Å². The summed E-state index contributed by atoms with van der Waals surface area (Å²) in [5.74, 6) is 0. The molecular weight excluding hydrogens is 194 g/mol. The quantitative estimate of drug-likeness (QED) is 0.750. The standard InChI is InChI=1S/C15H23N/c1-13-6-8-14(9-7-13)15(12-16(2)3)10-4-5-11-15/h6-9H,4-5,10-12H2,1-3H3. The Bertz CT molecular complexity index is 331. The first kappa shape index (κ1) is 11.7. The molecule has 1 aliphatic carbocycles. The number of hydrogen-bond acceptors (Lipinski definition) is 1. The summed E-state index contributed by atoms with van der Waals surface area (Å²) in [4.78, 5) is 2.34. The minimum atomic E-state index is 0.428. The van der Waals surface area contributed by atoms with Gasteiger partial charge in [-0.25, -0.2) is 0 Å². The van der Waals surface area contributed by atoms with E-state index in [1.54, 1.807) is 5.56 Å². The molecule has 0 heterocycles. The maximum absolute atomic E-state index is 2.34. The average molecular weight is 217 g/mol. The molecule has 2 rings (SSSR count). The number of likely N-dealkylation sites (N-methyl/N-ethyl adjacent to an activating group) is 1. The van der Waals surface area contributed by atoms with Crippen LogP contribution in [0.5, 0.6) is 0 Å². The van der Waals surface area contributed by atoms with Crippen molar-refractivity contribution in [1.82, 2.24) is 4.90 Å². The van der Waals surface area contributed by atoms with Crippen LogP contribution in [0.2, 0.25) is 0 Å². The van der Waals surface area contributed by atoms with Gasteiger partial charge >= 0.3 is 0 Å². The van der Waals surface area contributed by atoms with Crippen molar-refractivity contribution >= 4 is 0 Å². The fourth-order valence-corrected chi connectivity index (χ4v) is 3.10. The van der Waals surface area contributed by atoms with Gasteiger partial charge in [-0.3, -0.25) is 0 Å². The molecule has 1 aromatic rings. The molecule has 0 aliphatic heterocycles. The maximum atomic E-state index is 2.34. The first-order valence-electron chi connectivity index (χ1n) is 6.34. The molecule has 1 fully saturated rings. The van der Waals surface area contributed by atoms with E-state index in [4.69, 9.17) is 0 Å². The second-order valence-electron chi connectivity index (χ2n) is 5.59. The Kier molecular flexibility index (Phi) is 3.34. The summed E-state index contributed by atoms with van der Waals surface area (Å²) in [6, 6.07) is 9.18. The molecular formula is C15H23N. The van der Waals surface area contributed by atoms with Gasteiger partial charge in [0.2, 0.25) is 0 Å². The zero-order valence-electron chi connectivity index (χ0n) is 10.8. The molecule has 0 amide bonds. The molecule has 0 unspecified atom stereocenters. The Labute approximate surface area is 99.5 Å². The van der Waals surface area contributed by atoms with Gasteiger partial charge in [-0.15, -0.1) is 0 Å². The summed E-state index contributed by atoms with van der Waals surface area (Å²) in [7, 11) is 4.38. The molecule has 88 valence electrons. The van der Waals surface area contributed by atoms with Gasteiger partial charge in [0.1, 0.15) is 0 Å². The summed E-state index contributed by atoms with van der Waals surface area (Å²) in [6.45, 7) is 3.35. The number of aryl methyl sites for hydroxylation is 1. The second kappa shape index (κ2) is 4.58. The van der Waals surface area contributed by atoms with E-state index >= 15 is 0 Å². The van der Waals surface area contributed by atoms with Gasteiger partial charge in [-0.05, 0) is 39.4 Å². The van der Waals surface area contributed by atoms with Crippen molar-refractivity contribution < 1.29 is 0 Å². The lowest BCUT2D eigenvalue weighted by molar-refractivity contribution is 0.284. The van der Waals surface area contributed by atoms with Gasteiger partial charge in [0.15, 0.2) is 0 Å². The molecule has 0 radical (unpaired) electrons. The molecule has 0 spiro atoms. The van der Waals surface area contributed by atoms with E-state index in [9.17, 15) is 0 Å². The van der Waals surface area contributed by atoms with Gasteiger partial charge in [0.25, 0.3) is 0 Å². The SMILES string of the molecule is Cc1ccc(C2(CN(C)C)CCCC2)cc1. The van der Waals surface area contributed by atoms with E-state index in [-0.39, 0.29) is 0 Å². The molecule has 1 aliphatic rings. The van der Waals surface area contributed by atoms with Crippen LogP contribution in [0.25, 0.3) is 0 Å². The zero-order chi connectivity index (χ0) is 11.6. The number of nitrogens with zero attached hydrogens (tertiary/aromatic N) is 1. The molecule has 1 saturated carbocycles. The average Bonchev–Trinajstić information content (AvgIpc) is 2.67. The van der Waals surface area contributed by atoms with E-state index in [1.807, 2.05) is 0 Å². The first-order chi connectivity index (χ1) is 7.62. The van der Waals surface area contributed by atoms with E-state index < -0.39 is 0 Å². The Balaban J connectivity index is 2.28. The van der Waals surface area contributed by atoms with Gasteiger partial charge in [0, 0.05) is 12.0 Å². The molecule has 1 nitrogen and oxygen atoms in total. The minimum Gasteiger partial charge on any atom is -0.309 e. The van der Waals surface area contributed by atoms with Crippen LogP contribution >= 0.6 is 0 Å². The van der Waals surface area contributed by atoms with Gasteiger partial charge in [0.05, 0.1) is 0 Å². The number of benzene rings is 1. The molecule has 1 heteroatoms. The summed E-state index contributed by atoms with van der Waals surface area (Å²) < 4.78 is 0. The van der Waals surface area contributed by atoms with Crippen molar-refractivity contribution in [3.8, 4) is 0 Å². The molecule has 1 aromatic carbocycles. The molecule has 0 bridgehead atoms. The third-order valence-electron chi connectivity index (χ3n) is 3.84. The van der Waals surface area contributed by atoms with Gasteiger partial charge < -0.3 is 4.90 Å². The Morgan fingerprint density at radius 3 is 2.12 bits per heavy atom. The fraction of sp³-hybridized carbons (Fsp3) is 0.600. The van der Waals surface area contributed by atoms with E-state index in [0.29, 0.717) is 5.41 Å². The van der Waals surface area contributed by atoms with Crippen molar-refractivity contribution in [2.45, 2.75) is 38.0 Å². The third-order valence-corrected chi connectivity index (χ3v) is 3.84. The molecule has 16 heavy (non-hydrogen) atoms. The van der Waals surface area contributed by atoms with E-state index in [2.05, 4.69) is 50.2 Å². The van der Waals surface area contributed by atoms with Gasteiger partial charge in [-0.1, -0.05) is 42.7 Å². The lowest BCUT2D eigenvalue weighted by atomic mass is 9.78. The highest BCUT2D eigenvalue weighted by atomic mass is 15.1. The summed E-state index contributed by atoms with van der Waals surface area (Å²) in [5, 5.41) is 0. The normalized spacial score (nSPS) is 19.2. The van der Waals surface area contributed by atoms with Crippen molar-refractivity contribution in [2.24, 2.45) is 0 Å². The van der Waals surface area contributed by atoms with Crippen LogP contribution in [0.3, 0.4) is 0 Å². The van der Waals surface area contributed by atoms with E-state index in [1.165, 1.54) is 37.8 Å². The second-order valence-corrected chi connectivity index (χ2v) is 5.59.